The van der Waals surface area contributed by atoms with Crippen molar-refractivity contribution in [2.24, 2.45) is 0 Å². The van der Waals surface area contributed by atoms with Crippen LogP contribution in [0.3, 0.4) is 0 Å². The molecule has 0 atom stereocenters. The molecule has 0 N–H and O–H groups in total. The molecule has 4 rings (SSSR count). The van der Waals surface area contributed by atoms with Crippen molar-refractivity contribution < 1.29 is 14.0 Å². The fourth-order valence-electron chi connectivity index (χ4n) is 3.80. The number of carbonyl (C=O) groups is 2. The van der Waals surface area contributed by atoms with Gasteiger partial charge in [0.15, 0.2) is 0 Å². The maximum absolute atomic E-state index is 13.1. The van der Waals surface area contributed by atoms with Crippen LogP contribution >= 0.6 is 0 Å². The summed E-state index contributed by atoms with van der Waals surface area (Å²) in [7, 11) is 0. The fourth-order valence-corrected chi connectivity index (χ4v) is 3.80. The van der Waals surface area contributed by atoms with Crippen LogP contribution in [0.15, 0.2) is 48.5 Å². The molecule has 5 nitrogen and oxygen atoms in total. The van der Waals surface area contributed by atoms with Crippen molar-refractivity contribution in [3.63, 3.8) is 0 Å². The predicted molar refractivity (Wildman–Crippen MR) is 102 cm³/mol. The van der Waals surface area contributed by atoms with Crippen LogP contribution in [-0.4, -0.2) is 49.4 Å². The van der Waals surface area contributed by atoms with E-state index in [9.17, 15) is 14.0 Å². The van der Waals surface area contributed by atoms with Gasteiger partial charge < -0.3 is 14.7 Å². The molecule has 140 valence electrons. The summed E-state index contributed by atoms with van der Waals surface area (Å²) in [6, 6.07) is 14.2. The zero-order valence-electron chi connectivity index (χ0n) is 15.1. The van der Waals surface area contributed by atoms with Crippen LogP contribution < -0.4 is 9.80 Å². The summed E-state index contributed by atoms with van der Waals surface area (Å²) in [5, 5.41) is 0. The average Bonchev–Trinajstić information content (AvgIpc) is 3.13. The number of piperazine rings is 1. The van der Waals surface area contributed by atoms with Crippen LogP contribution in [0, 0.1) is 5.82 Å². The first-order chi connectivity index (χ1) is 13.1. The van der Waals surface area contributed by atoms with E-state index in [1.807, 2.05) is 24.3 Å². The molecule has 0 aromatic heterocycles. The highest BCUT2D eigenvalue weighted by atomic mass is 19.1. The van der Waals surface area contributed by atoms with Crippen molar-refractivity contribution >= 4 is 23.2 Å². The molecular formula is C21H22FN3O2. The van der Waals surface area contributed by atoms with Gasteiger partial charge in [-0.05, 0) is 42.3 Å². The molecule has 0 aliphatic carbocycles. The second-order valence-corrected chi connectivity index (χ2v) is 6.95. The molecule has 1 fully saturated rings. The molecule has 0 spiro atoms. The number of benzene rings is 2. The summed E-state index contributed by atoms with van der Waals surface area (Å²) >= 11 is 0. The molecule has 0 saturated carbocycles. The number of nitrogens with zero attached hydrogens (tertiary/aromatic N) is 3. The quantitative estimate of drug-likeness (QED) is 0.783. The summed E-state index contributed by atoms with van der Waals surface area (Å²) in [6.07, 6.45) is 0.747. The Morgan fingerprint density at radius 1 is 0.852 bits per heavy atom. The monoisotopic (exact) mass is 367 g/mol. The van der Waals surface area contributed by atoms with Crippen molar-refractivity contribution in [2.75, 3.05) is 42.5 Å². The van der Waals surface area contributed by atoms with Gasteiger partial charge in [0.1, 0.15) is 12.2 Å². The molecule has 2 aromatic carbocycles. The minimum Gasteiger partial charge on any atom is -0.368 e. The normalized spacial score (nSPS) is 16.4. The van der Waals surface area contributed by atoms with E-state index in [1.54, 1.807) is 21.9 Å². The van der Waals surface area contributed by atoms with Crippen molar-refractivity contribution in [2.45, 2.75) is 12.8 Å². The highest BCUT2D eigenvalue weighted by Crippen LogP contribution is 2.28. The number of hydrogen-bond donors (Lipinski definition) is 0. The van der Waals surface area contributed by atoms with Crippen LogP contribution in [0.25, 0.3) is 0 Å². The molecular weight excluding hydrogens is 345 g/mol. The summed E-state index contributed by atoms with van der Waals surface area (Å²) in [5.74, 6) is -0.511. The number of para-hydroxylation sites is 1. The van der Waals surface area contributed by atoms with Crippen molar-refractivity contribution in [1.29, 1.82) is 0 Å². The predicted octanol–water partition coefficient (Wildman–Crippen LogP) is 2.45. The lowest BCUT2D eigenvalue weighted by Gasteiger charge is -2.36. The SMILES string of the molecule is O=C(CC(=O)N1CCc2ccccc21)N1CCN(c2ccc(F)cc2)CC1. The molecule has 2 amide bonds. The molecule has 2 heterocycles. The van der Waals surface area contributed by atoms with E-state index in [2.05, 4.69) is 4.90 Å². The van der Waals surface area contributed by atoms with Gasteiger partial charge in [-0.25, -0.2) is 4.39 Å². The molecule has 0 bridgehead atoms. The highest BCUT2D eigenvalue weighted by molar-refractivity contribution is 6.06. The average molecular weight is 367 g/mol. The number of hydrogen-bond acceptors (Lipinski definition) is 3. The summed E-state index contributed by atoms with van der Waals surface area (Å²) < 4.78 is 13.1. The Hall–Kier alpha value is -2.89. The Balaban J connectivity index is 1.32. The maximum Gasteiger partial charge on any atom is 0.236 e. The second kappa shape index (κ2) is 7.39. The van der Waals surface area contributed by atoms with E-state index in [0.29, 0.717) is 32.7 Å². The van der Waals surface area contributed by atoms with Crippen molar-refractivity contribution in [1.82, 2.24) is 4.90 Å². The van der Waals surface area contributed by atoms with E-state index in [4.69, 9.17) is 0 Å². The van der Waals surface area contributed by atoms with Gasteiger partial charge in [0.05, 0.1) is 0 Å². The van der Waals surface area contributed by atoms with Crippen LogP contribution in [-0.2, 0) is 16.0 Å². The molecule has 0 unspecified atom stereocenters. The second-order valence-electron chi connectivity index (χ2n) is 6.95. The maximum atomic E-state index is 13.1. The number of fused-ring (bicyclic) bond motifs is 1. The zero-order chi connectivity index (χ0) is 18.8. The van der Waals surface area contributed by atoms with Gasteiger partial charge in [0, 0.05) is 44.1 Å². The van der Waals surface area contributed by atoms with E-state index in [0.717, 1.165) is 23.4 Å². The third-order valence-corrected chi connectivity index (χ3v) is 5.31. The molecule has 2 aromatic rings. The Morgan fingerprint density at radius 3 is 2.30 bits per heavy atom. The first-order valence-electron chi connectivity index (χ1n) is 9.28. The van der Waals surface area contributed by atoms with Gasteiger partial charge in [0.2, 0.25) is 11.8 Å². The first-order valence-corrected chi connectivity index (χ1v) is 9.28. The number of rotatable bonds is 3. The van der Waals surface area contributed by atoms with Gasteiger partial charge in [-0.1, -0.05) is 18.2 Å². The largest absolute Gasteiger partial charge is 0.368 e. The van der Waals surface area contributed by atoms with Crippen LogP contribution in [0.5, 0.6) is 0 Å². The minimum atomic E-state index is -0.255. The highest BCUT2D eigenvalue weighted by Gasteiger charge is 2.28. The number of anilines is 2. The van der Waals surface area contributed by atoms with Crippen LogP contribution in [0.4, 0.5) is 15.8 Å². The first kappa shape index (κ1) is 17.5. The summed E-state index contributed by atoms with van der Waals surface area (Å²) in [4.78, 5) is 30.8. The van der Waals surface area contributed by atoms with Crippen molar-refractivity contribution in [3.05, 3.63) is 59.9 Å². The molecule has 0 radical (unpaired) electrons. The molecule has 2 aliphatic rings. The lowest BCUT2D eigenvalue weighted by atomic mass is 10.2. The molecule has 27 heavy (non-hydrogen) atoms. The Labute approximate surface area is 158 Å². The smallest absolute Gasteiger partial charge is 0.236 e. The van der Waals surface area contributed by atoms with Gasteiger partial charge in [-0.3, -0.25) is 9.59 Å². The third-order valence-electron chi connectivity index (χ3n) is 5.31. The van der Waals surface area contributed by atoms with Gasteiger partial charge in [-0.15, -0.1) is 0 Å². The minimum absolute atomic E-state index is 0.0924. The third kappa shape index (κ3) is 3.65. The topological polar surface area (TPSA) is 43.9 Å². The Bertz CT molecular complexity index is 845. The molecule has 6 heteroatoms. The van der Waals surface area contributed by atoms with Gasteiger partial charge >= 0.3 is 0 Å². The number of amides is 2. The van der Waals surface area contributed by atoms with Gasteiger partial charge in [0.25, 0.3) is 0 Å². The van der Waals surface area contributed by atoms with Gasteiger partial charge in [-0.2, -0.15) is 0 Å². The lowest BCUT2D eigenvalue weighted by Crippen LogP contribution is -2.49. The zero-order valence-corrected chi connectivity index (χ0v) is 15.1. The molecule has 1 saturated heterocycles. The summed E-state index contributed by atoms with van der Waals surface area (Å²) in [5.41, 5.74) is 3.04. The van der Waals surface area contributed by atoms with Crippen molar-refractivity contribution in [3.8, 4) is 0 Å². The van der Waals surface area contributed by atoms with E-state index < -0.39 is 0 Å². The van der Waals surface area contributed by atoms with E-state index in [-0.39, 0.29) is 24.1 Å². The Morgan fingerprint density at radius 2 is 1.56 bits per heavy atom. The Kier molecular flexibility index (Phi) is 4.79. The van der Waals surface area contributed by atoms with E-state index in [1.165, 1.54) is 12.1 Å². The standard InChI is InChI=1S/C21H22FN3O2/c22-17-5-7-18(8-6-17)23-11-13-24(14-12-23)20(26)15-21(27)25-10-9-16-3-1-2-4-19(16)25/h1-8H,9-15H2. The lowest BCUT2D eigenvalue weighted by molar-refractivity contribution is -0.135. The van der Waals surface area contributed by atoms with E-state index >= 15 is 0 Å². The van der Waals surface area contributed by atoms with Crippen LogP contribution in [0.1, 0.15) is 12.0 Å². The van der Waals surface area contributed by atoms with Crippen LogP contribution in [0.2, 0.25) is 0 Å². The number of carbonyl (C=O) groups excluding carboxylic acids is 2. The molecule has 2 aliphatic heterocycles. The number of halogens is 1. The fraction of sp³-hybridized carbons (Fsp3) is 0.333. The summed E-state index contributed by atoms with van der Waals surface area (Å²) in [6.45, 7) is 3.14.